The lowest BCUT2D eigenvalue weighted by Crippen LogP contribution is -2.17. The van der Waals surface area contributed by atoms with Gasteiger partial charge in [0.2, 0.25) is 0 Å². The summed E-state index contributed by atoms with van der Waals surface area (Å²) >= 11 is 0. The van der Waals surface area contributed by atoms with Crippen molar-refractivity contribution in [2.24, 2.45) is 0 Å². The molecule has 1 aromatic carbocycles. The first-order valence-corrected chi connectivity index (χ1v) is 5.26. The van der Waals surface area contributed by atoms with E-state index in [-0.39, 0.29) is 11.4 Å². The molecule has 2 aromatic rings. The van der Waals surface area contributed by atoms with E-state index in [1.807, 2.05) is 0 Å². The summed E-state index contributed by atoms with van der Waals surface area (Å²) in [6.45, 7) is 0. The molecule has 0 radical (unpaired) electrons. The van der Waals surface area contributed by atoms with E-state index >= 15 is 0 Å². The van der Waals surface area contributed by atoms with Crippen molar-refractivity contribution in [1.82, 2.24) is 4.98 Å². The van der Waals surface area contributed by atoms with E-state index in [9.17, 15) is 18.0 Å². The van der Waals surface area contributed by atoms with Crippen LogP contribution in [0.25, 0.3) is 11.1 Å². The lowest BCUT2D eigenvalue weighted by atomic mass is 10.0. The first-order valence-electron chi connectivity index (χ1n) is 5.26. The van der Waals surface area contributed by atoms with Gasteiger partial charge in [-0.05, 0) is 23.8 Å². The standard InChI is InChI=1S/C13H8F3NO2/c14-13(15,16)19-10-4-1-3-9(7-10)11-5-2-6-17-12(11)8-18/h1-8H. The van der Waals surface area contributed by atoms with Gasteiger partial charge in [-0.3, -0.25) is 9.78 Å². The highest BCUT2D eigenvalue weighted by molar-refractivity contribution is 5.85. The number of aromatic nitrogens is 1. The van der Waals surface area contributed by atoms with Crippen LogP contribution in [0, 0.1) is 0 Å². The summed E-state index contributed by atoms with van der Waals surface area (Å²) in [6.07, 6.45) is -2.77. The Morgan fingerprint density at radius 1 is 1.16 bits per heavy atom. The molecular formula is C13H8F3NO2. The van der Waals surface area contributed by atoms with Crippen molar-refractivity contribution in [2.75, 3.05) is 0 Å². The Balaban J connectivity index is 2.41. The number of pyridine rings is 1. The molecule has 1 heterocycles. The van der Waals surface area contributed by atoms with Gasteiger partial charge in [-0.1, -0.05) is 18.2 Å². The molecule has 0 spiro atoms. The van der Waals surface area contributed by atoms with Crippen molar-refractivity contribution in [3.05, 3.63) is 48.3 Å². The second-order valence-electron chi connectivity index (χ2n) is 3.63. The number of nitrogens with zero attached hydrogens (tertiary/aromatic N) is 1. The molecule has 0 atom stereocenters. The van der Waals surface area contributed by atoms with Crippen molar-refractivity contribution in [3.63, 3.8) is 0 Å². The van der Waals surface area contributed by atoms with Gasteiger partial charge in [0, 0.05) is 11.8 Å². The maximum atomic E-state index is 12.1. The molecule has 0 bridgehead atoms. The average molecular weight is 267 g/mol. The third-order valence-electron chi connectivity index (χ3n) is 2.33. The molecule has 0 saturated carbocycles. The van der Waals surface area contributed by atoms with Crippen LogP contribution in [-0.4, -0.2) is 17.6 Å². The first-order chi connectivity index (χ1) is 8.99. The van der Waals surface area contributed by atoms with Crippen molar-refractivity contribution >= 4 is 6.29 Å². The van der Waals surface area contributed by atoms with Gasteiger partial charge in [0.25, 0.3) is 0 Å². The highest BCUT2D eigenvalue weighted by atomic mass is 19.4. The molecule has 0 unspecified atom stereocenters. The number of aldehydes is 1. The zero-order valence-corrected chi connectivity index (χ0v) is 9.52. The molecule has 6 heteroatoms. The second kappa shape index (κ2) is 5.09. The number of benzene rings is 1. The zero-order valence-electron chi connectivity index (χ0n) is 9.52. The van der Waals surface area contributed by atoms with Gasteiger partial charge in [-0.25, -0.2) is 0 Å². The number of hydrogen-bond acceptors (Lipinski definition) is 3. The lowest BCUT2D eigenvalue weighted by molar-refractivity contribution is -0.274. The fraction of sp³-hybridized carbons (Fsp3) is 0.0769. The molecule has 0 fully saturated rings. The summed E-state index contributed by atoms with van der Waals surface area (Å²) in [4.78, 5) is 14.7. The average Bonchev–Trinajstić information content (AvgIpc) is 2.37. The van der Waals surface area contributed by atoms with Crippen molar-refractivity contribution in [1.29, 1.82) is 0 Å². The predicted molar refractivity (Wildman–Crippen MR) is 61.7 cm³/mol. The van der Waals surface area contributed by atoms with Crippen molar-refractivity contribution in [3.8, 4) is 16.9 Å². The minimum atomic E-state index is -4.75. The van der Waals surface area contributed by atoms with Crippen LogP contribution in [0.4, 0.5) is 13.2 Å². The van der Waals surface area contributed by atoms with Crippen LogP contribution >= 0.6 is 0 Å². The van der Waals surface area contributed by atoms with Gasteiger partial charge in [0.15, 0.2) is 6.29 Å². The maximum absolute atomic E-state index is 12.1. The Morgan fingerprint density at radius 3 is 2.63 bits per heavy atom. The van der Waals surface area contributed by atoms with Gasteiger partial charge in [0.1, 0.15) is 11.4 Å². The van der Waals surface area contributed by atoms with E-state index in [1.165, 1.54) is 24.4 Å². The zero-order chi connectivity index (χ0) is 13.9. The summed E-state index contributed by atoms with van der Waals surface area (Å²) in [5.74, 6) is -0.342. The summed E-state index contributed by atoms with van der Waals surface area (Å²) in [7, 11) is 0. The van der Waals surface area contributed by atoms with E-state index < -0.39 is 6.36 Å². The molecule has 1 aromatic heterocycles. The lowest BCUT2D eigenvalue weighted by Gasteiger charge is -2.10. The van der Waals surface area contributed by atoms with Gasteiger partial charge < -0.3 is 4.74 Å². The monoisotopic (exact) mass is 267 g/mol. The molecule has 0 saturated heterocycles. The fourth-order valence-electron chi connectivity index (χ4n) is 1.62. The Labute approximate surface area is 106 Å². The SMILES string of the molecule is O=Cc1ncccc1-c1cccc(OC(F)(F)F)c1. The van der Waals surface area contributed by atoms with E-state index in [2.05, 4.69) is 9.72 Å². The molecule has 98 valence electrons. The van der Waals surface area contributed by atoms with Gasteiger partial charge in [-0.2, -0.15) is 0 Å². The Kier molecular flexibility index (Phi) is 3.50. The van der Waals surface area contributed by atoms with Gasteiger partial charge in [-0.15, -0.1) is 13.2 Å². The molecule has 0 amide bonds. The molecular weight excluding hydrogens is 259 g/mol. The number of hydrogen-bond donors (Lipinski definition) is 0. The third-order valence-corrected chi connectivity index (χ3v) is 2.33. The van der Waals surface area contributed by atoms with Crippen LogP contribution in [-0.2, 0) is 0 Å². The minimum absolute atomic E-state index is 0.159. The first kappa shape index (κ1) is 13.1. The molecule has 0 N–H and O–H groups in total. The van der Waals surface area contributed by atoms with Crippen LogP contribution in [0.2, 0.25) is 0 Å². The fourth-order valence-corrected chi connectivity index (χ4v) is 1.62. The number of rotatable bonds is 3. The van der Waals surface area contributed by atoms with Crippen molar-refractivity contribution in [2.45, 2.75) is 6.36 Å². The molecule has 19 heavy (non-hydrogen) atoms. The van der Waals surface area contributed by atoms with Crippen LogP contribution in [0.5, 0.6) is 5.75 Å². The predicted octanol–water partition coefficient (Wildman–Crippen LogP) is 3.46. The normalized spacial score (nSPS) is 11.1. The Morgan fingerprint density at radius 2 is 1.95 bits per heavy atom. The summed E-state index contributed by atoms with van der Waals surface area (Å²) in [5.41, 5.74) is 1.04. The number of halogens is 3. The molecule has 3 nitrogen and oxygen atoms in total. The molecule has 0 aliphatic carbocycles. The number of alkyl halides is 3. The second-order valence-corrected chi connectivity index (χ2v) is 3.63. The number of carbonyl (C=O) groups is 1. The van der Waals surface area contributed by atoms with Crippen molar-refractivity contribution < 1.29 is 22.7 Å². The highest BCUT2D eigenvalue weighted by Crippen LogP contribution is 2.28. The van der Waals surface area contributed by atoms with Crippen LogP contribution < -0.4 is 4.74 Å². The minimum Gasteiger partial charge on any atom is -0.406 e. The van der Waals surface area contributed by atoms with Crippen LogP contribution in [0.1, 0.15) is 10.5 Å². The quantitative estimate of drug-likeness (QED) is 0.799. The topological polar surface area (TPSA) is 39.2 Å². The maximum Gasteiger partial charge on any atom is 0.573 e. The summed E-state index contributed by atoms with van der Waals surface area (Å²) in [5, 5.41) is 0. The molecule has 2 rings (SSSR count). The van der Waals surface area contributed by atoms with E-state index in [4.69, 9.17) is 0 Å². The highest BCUT2D eigenvalue weighted by Gasteiger charge is 2.31. The van der Waals surface area contributed by atoms with Crippen LogP contribution in [0.15, 0.2) is 42.6 Å². The summed E-state index contributed by atoms with van der Waals surface area (Å²) < 4.78 is 40.2. The van der Waals surface area contributed by atoms with Gasteiger partial charge in [0.05, 0.1) is 0 Å². The number of carbonyl (C=O) groups excluding carboxylic acids is 1. The van der Waals surface area contributed by atoms with E-state index in [0.29, 0.717) is 17.4 Å². The van der Waals surface area contributed by atoms with Gasteiger partial charge >= 0.3 is 6.36 Å². The molecule has 0 aliphatic heterocycles. The van der Waals surface area contributed by atoms with E-state index in [0.717, 1.165) is 0 Å². The number of ether oxygens (including phenoxy) is 1. The smallest absolute Gasteiger partial charge is 0.406 e. The largest absolute Gasteiger partial charge is 0.573 e. The summed E-state index contributed by atoms with van der Waals surface area (Å²) in [6, 6.07) is 8.58. The van der Waals surface area contributed by atoms with E-state index in [1.54, 1.807) is 18.2 Å². The Bertz CT molecular complexity index is 596. The Hall–Kier alpha value is -2.37. The third kappa shape index (κ3) is 3.31. The van der Waals surface area contributed by atoms with Crippen LogP contribution in [0.3, 0.4) is 0 Å². The molecule has 0 aliphatic rings.